The molecule has 124 valence electrons. The highest BCUT2D eigenvalue weighted by atomic mass is 35.5. The Labute approximate surface area is 144 Å². The zero-order valence-electron chi connectivity index (χ0n) is 12.9. The maximum absolute atomic E-state index is 12.5. The van der Waals surface area contributed by atoms with E-state index in [1.54, 1.807) is 18.7 Å². The second-order valence-corrected chi connectivity index (χ2v) is 7.43. The lowest BCUT2D eigenvalue weighted by atomic mass is 9.81. The van der Waals surface area contributed by atoms with Crippen LogP contribution in [0.5, 0.6) is 5.75 Å². The molecule has 2 saturated heterocycles. The summed E-state index contributed by atoms with van der Waals surface area (Å²) in [5.74, 6) is -0.304. The Kier molecular flexibility index (Phi) is 3.97. The Morgan fingerprint density at radius 3 is 2.70 bits per heavy atom. The first-order valence-electron chi connectivity index (χ1n) is 7.52. The number of carbonyl (C=O) groups is 2. The molecule has 7 heteroatoms. The first kappa shape index (κ1) is 16.4. The van der Waals surface area contributed by atoms with Crippen LogP contribution in [0.15, 0.2) is 12.1 Å². The molecule has 23 heavy (non-hydrogen) atoms. The molecule has 0 saturated carbocycles. The normalized spacial score (nSPS) is 26.7. The van der Waals surface area contributed by atoms with Gasteiger partial charge in [0.25, 0.3) is 0 Å². The summed E-state index contributed by atoms with van der Waals surface area (Å²) < 4.78 is 0. The molecule has 1 aromatic rings. The minimum Gasteiger partial charge on any atom is -0.508 e. The molecule has 0 bridgehead atoms. The minimum absolute atomic E-state index is 0.0701. The fraction of sp³-hybridized carbons (Fsp3) is 0.500. The zero-order valence-corrected chi connectivity index (χ0v) is 14.4. The van der Waals surface area contributed by atoms with Gasteiger partial charge in [0.15, 0.2) is 0 Å². The fourth-order valence-electron chi connectivity index (χ4n) is 3.47. The second-order valence-electron chi connectivity index (χ2n) is 6.64. The molecule has 0 aliphatic carbocycles. The van der Waals surface area contributed by atoms with Crippen LogP contribution in [0.1, 0.15) is 38.2 Å². The number of nitrogens with zero attached hydrogens (tertiary/aromatic N) is 1. The monoisotopic (exact) mass is 356 g/mol. The van der Waals surface area contributed by atoms with Gasteiger partial charge in [-0.2, -0.15) is 0 Å². The lowest BCUT2D eigenvalue weighted by Gasteiger charge is -2.47. The first-order chi connectivity index (χ1) is 10.7. The van der Waals surface area contributed by atoms with Crippen LogP contribution in [0, 0.1) is 0 Å². The van der Waals surface area contributed by atoms with E-state index in [4.69, 9.17) is 23.2 Å². The summed E-state index contributed by atoms with van der Waals surface area (Å²) in [6, 6.07) is 2.51. The Hall–Kier alpha value is -1.46. The fourth-order valence-corrected chi connectivity index (χ4v) is 3.95. The third-order valence-electron chi connectivity index (χ3n) is 4.65. The van der Waals surface area contributed by atoms with Gasteiger partial charge in [-0.25, -0.2) is 0 Å². The lowest BCUT2D eigenvalue weighted by molar-refractivity contribution is -0.155. The number of nitrogens with one attached hydrogen (secondary N) is 1. The van der Waals surface area contributed by atoms with Crippen LogP contribution >= 0.6 is 23.2 Å². The molecule has 1 aromatic carbocycles. The summed E-state index contributed by atoms with van der Waals surface area (Å²) in [6.45, 7) is 3.86. The topological polar surface area (TPSA) is 69.6 Å². The summed E-state index contributed by atoms with van der Waals surface area (Å²) in [7, 11) is 0. The van der Waals surface area contributed by atoms with E-state index in [0.29, 0.717) is 35.0 Å². The number of amides is 2. The molecule has 2 unspecified atom stereocenters. The van der Waals surface area contributed by atoms with Crippen molar-refractivity contribution < 1.29 is 14.7 Å². The van der Waals surface area contributed by atoms with E-state index >= 15 is 0 Å². The highest BCUT2D eigenvalue weighted by molar-refractivity contribution is 6.42. The molecular weight excluding hydrogens is 339 g/mol. The van der Waals surface area contributed by atoms with Crippen molar-refractivity contribution in [2.24, 2.45) is 0 Å². The van der Waals surface area contributed by atoms with Crippen LogP contribution in [-0.2, 0) is 9.59 Å². The van der Waals surface area contributed by atoms with Gasteiger partial charge in [-0.05, 0) is 44.7 Å². The molecule has 0 aromatic heterocycles. The van der Waals surface area contributed by atoms with E-state index in [0.717, 1.165) is 0 Å². The Balaban J connectivity index is 1.91. The molecule has 2 fully saturated rings. The largest absolute Gasteiger partial charge is 0.508 e. The number of hydrogen-bond donors (Lipinski definition) is 2. The van der Waals surface area contributed by atoms with Gasteiger partial charge in [0.1, 0.15) is 17.3 Å². The molecule has 2 heterocycles. The summed E-state index contributed by atoms with van der Waals surface area (Å²) >= 11 is 12.3. The van der Waals surface area contributed by atoms with Crippen molar-refractivity contribution in [2.75, 3.05) is 6.54 Å². The van der Waals surface area contributed by atoms with Crippen LogP contribution in [-0.4, -0.2) is 39.9 Å². The molecular formula is C16H18Cl2N2O3. The summed E-state index contributed by atoms with van der Waals surface area (Å²) in [4.78, 5) is 26.5. The quantitative estimate of drug-likeness (QED) is 0.812. The molecule has 3 rings (SSSR count). The number of rotatable bonds is 1. The molecule has 2 aliphatic rings. The molecule has 2 atom stereocenters. The number of phenols is 1. The van der Waals surface area contributed by atoms with Crippen LogP contribution in [0.2, 0.25) is 10.0 Å². The second kappa shape index (κ2) is 5.56. The van der Waals surface area contributed by atoms with Crippen LogP contribution in [0.3, 0.4) is 0 Å². The van der Waals surface area contributed by atoms with Gasteiger partial charge in [0, 0.05) is 12.1 Å². The third-order valence-corrected chi connectivity index (χ3v) is 5.47. The van der Waals surface area contributed by atoms with Gasteiger partial charge in [-0.3, -0.25) is 9.59 Å². The minimum atomic E-state index is -0.879. The van der Waals surface area contributed by atoms with Gasteiger partial charge in [0.2, 0.25) is 11.8 Å². The van der Waals surface area contributed by atoms with E-state index in [-0.39, 0.29) is 23.5 Å². The predicted octanol–water partition coefficient (Wildman–Crippen LogP) is 2.68. The summed E-state index contributed by atoms with van der Waals surface area (Å²) in [5, 5.41) is 13.6. The van der Waals surface area contributed by atoms with Crippen LogP contribution < -0.4 is 5.32 Å². The number of halogens is 2. The molecule has 2 N–H and O–H groups in total. The van der Waals surface area contributed by atoms with Gasteiger partial charge >= 0.3 is 0 Å². The van der Waals surface area contributed by atoms with E-state index < -0.39 is 11.6 Å². The Bertz CT molecular complexity index is 690. The number of carbonyl (C=O) groups excluding carboxylic acids is 2. The SMILES string of the molecule is CC1(C)NC(=O)C2CC(c3c(O)ccc(Cl)c3Cl)CCN2C1=O. The number of phenolic OH excluding ortho intramolecular Hbond substituents is 1. The Morgan fingerprint density at radius 2 is 2.00 bits per heavy atom. The number of aromatic hydroxyl groups is 1. The summed E-state index contributed by atoms with van der Waals surface area (Å²) in [6.07, 6.45) is 1.04. The number of hydrogen-bond acceptors (Lipinski definition) is 3. The third kappa shape index (κ3) is 2.66. The molecule has 2 aliphatic heterocycles. The smallest absolute Gasteiger partial charge is 0.248 e. The van der Waals surface area contributed by atoms with E-state index in [9.17, 15) is 14.7 Å². The number of piperazine rings is 1. The number of piperidine rings is 1. The van der Waals surface area contributed by atoms with E-state index in [1.165, 1.54) is 12.1 Å². The van der Waals surface area contributed by atoms with Crippen LogP contribution in [0.25, 0.3) is 0 Å². The average Bonchev–Trinajstić information content (AvgIpc) is 2.49. The predicted molar refractivity (Wildman–Crippen MR) is 87.8 cm³/mol. The van der Waals surface area contributed by atoms with E-state index in [1.807, 2.05) is 0 Å². The first-order valence-corrected chi connectivity index (χ1v) is 8.28. The molecule has 2 amide bonds. The van der Waals surface area contributed by atoms with Crippen molar-refractivity contribution in [1.29, 1.82) is 0 Å². The number of fused-ring (bicyclic) bond motifs is 1. The van der Waals surface area contributed by atoms with Crippen LogP contribution in [0.4, 0.5) is 0 Å². The van der Waals surface area contributed by atoms with Gasteiger partial charge in [-0.1, -0.05) is 23.2 Å². The van der Waals surface area contributed by atoms with Gasteiger partial charge in [-0.15, -0.1) is 0 Å². The van der Waals surface area contributed by atoms with Crippen molar-refractivity contribution in [3.8, 4) is 5.75 Å². The standard InChI is InChI=1S/C16H18Cl2N2O3/c1-16(2)15(23)20-6-5-8(7-10(20)14(22)19-16)12-11(21)4-3-9(17)13(12)18/h3-4,8,10,21H,5-7H2,1-2H3,(H,19,22). The zero-order chi connectivity index (χ0) is 16.9. The van der Waals surface area contributed by atoms with Crippen molar-refractivity contribution in [3.63, 3.8) is 0 Å². The van der Waals surface area contributed by atoms with Crippen molar-refractivity contribution >= 4 is 35.0 Å². The van der Waals surface area contributed by atoms with Gasteiger partial charge < -0.3 is 15.3 Å². The Morgan fingerprint density at radius 1 is 1.30 bits per heavy atom. The van der Waals surface area contributed by atoms with Gasteiger partial charge in [0.05, 0.1) is 10.0 Å². The van der Waals surface area contributed by atoms with E-state index in [2.05, 4.69) is 5.32 Å². The maximum atomic E-state index is 12.5. The lowest BCUT2D eigenvalue weighted by Crippen LogP contribution is -2.69. The summed E-state index contributed by atoms with van der Waals surface area (Å²) in [5.41, 5.74) is -0.320. The molecule has 5 nitrogen and oxygen atoms in total. The van der Waals surface area contributed by atoms with Crippen molar-refractivity contribution in [1.82, 2.24) is 10.2 Å². The molecule has 0 spiro atoms. The maximum Gasteiger partial charge on any atom is 0.248 e. The average molecular weight is 357 g/mol. The highest BCUT2D eigenvalue weighted by Gasteiger charge is 2.48. The van der Waals surface area contributed by atoms with Crippen molar-refractivity contribution in [2.45, 2.75) is 44.2 Å². The van der Waals surface area contributed by atoms with Crippen molar-refractivity contribution in [3.05, 3.63) is 27.7 Å². The highest BCUT2D eigenvalue weighted by Crippen LogP contribution is 2.43. The number of benzene rings is 1. The molecule has 0 radical (unpaired) electrons.